The number of hydrogen-bond acceptors (Lipinski definition) is 2. The highest BCUT2D eigenvalue weighted by Gasteiger charge is 2.14. The fourth-order valence-corrected chi connectivity index (χ4v) is 2.95. The highest BCUT2D eigenvalue weighted by Crippen LogP contribution is 2.35. The number of fused-ring (bicyclic) bond motifs is 1. The van der Waals surface area contributed by atoms with E-state index >= 15 is 0 Å². The molecule has 1 aromatic heterocycles. The lowest BCUT2D eigenvalue weighted by Gasteiger charge is -2.11. The second-order valence-electron chi connectivity index (χ2n) is 5.23. The van der Waals surface area contributed by atoms with Crippen LogP contribution in [0.1, 0.15) is 31.7 Å². The Hall–Kier alpha value is -1.87. The Balaban J connectivity index is 2.10. The number of nitrogens with one attached hydrogen (secondary N) is 1. The van der Waals surface area contributed by atoms with Crippen molar-refractivity contribution in [1.82, 2.24) is 15.4 Å². The first-order chi connectivity index (χ1) is 10.3. The molecule has 1 N–H and O–H groups in total. The maximum atomic E-state index is 6.45. The van der Waals surface area contributed by atoms with Crippen LogP contribution in [0.2, 0.25) is 5.02 Å². The molecule has 0 aliphatic carbocycles. The number of nitrogens with zero attached hydrogens (tertiary/aromatic N) is 2. The third kappa shape index (κ3) is 2.79. The van der Waals surface area contributed by atoms with Gasteiger partial charge in [-0.25, -0.2) is 0 Å². The van der Waals surface area contributed by atoms with E-state index in [1.165, 1.54) is 24.8 Å². The van der Waals surface area contributed by atoms with Gasteiger partial charge < -0.3 is 0 Å². The topological polar surface area (TPSA) is 41.6 Å². The second-order valence-corrected chi connectivity index (χ2v) is 5.64. The van der Waals surface area contributed by atoms with Crippen molar-refractivity contribution >= 4 is 22.6 Å². The molecule has 0 unspecified atom stereocenters. The Morgan fingerprint density at radius 2 is 1.90 bits per heavy atom. The van der Waals surface area contributed by atoms with Gasteiger partial charge in [-0.2, -0.15) is 15.4 Å². The van der Waals surface area contributed by atoms with Crippen LogP contribution in [0.4, 0.5) is 0 Å². The summed E-state index contributed by atoms with van der Waals surface area (Å²) in [5, 5.41) is 11.8. The van der Waals surface area contributed by atoms with Crippen molar-refractivity contribution < 1.29 is 0 Å². The van der Waals surface area contributed by atoms with E-state index in [9.17, 15) is 0 Å². The molecular weight excluding hydrogens is 282 g/mol. The van der Waals surface area contributed by atoms with Crippen LogP contribution < -0.4 is 0 Å². The fourth-order valence-electron chi connectivity index (χ4n) is 2.69. The van der Waals surface area contributed by atoms with E-state index in [0.717, 1.165) is 33.6 Å². The predicted molar refractivity (Wildman–Crippen MR) is 87.6 cm³/mol. The molecule has 3 rings (SSSR count). The maximum Gasteiger partial charge on any atom is 0.122 e. The van der Waals surface area contributed by atoms with Crippen LogP contribution in [-0.2, 0) is 6.42 Å². The van der Waals surface area contributed by atoms with Gasteiger partial charge in [0, 0.05) is 5.56 Å². The molecule has 0 saturated heterocycles. The zero-order valence-electron chi connectivity index (χ0n) is 12.1. The van der Waals surface area contributed by atoms with E-state index in [1.807, 2.05) is 18.2 Å². The highest BCUT2D eigenvalue weighted by atomic mass is 35.5. The van der Waals surface area contributed by atoms with Crippen LogP contribution in [-0.4, -0.2) is 15.4 Å². The van der Waals surface area contributed by atoms with Gasteiger partial charge >= 0.3 is 0 Å². The monoisotopic (exact) mass is 299 g/mol. The van der Waals surface area contributed by atoms with Gasteiger partial charge in [0.05, 0.1) is 5.02 Å². The van der Waals surface area contributed by atoms with Gasteiger partial charge in [0.2, 0.25) is 0 Å². The number of aromatic nitrogens is 3. The standard InChI is InChI=1S/C17H18ClN3/c1-2-3-4-7-12-8-5-6-9-13(12)16-14(18)10-11-15-17(16)20-21-19-15/h5-6,8-11H,2-4,7H2,1H3,(H,19,20,21). The predicted octanol–water partition coefficient (Wildman–Crippen LogP) is 5.01. The molecule has 2 aromatic carbocycles. The summed E-state index contributed by atoms with van der Waals surface area (Å²) < 4.78 is 0. The Labute approximate surface area is 129 Å². The molecule has 0 fully saturated rings. The van der Waals surface area contributed by atoms with Crippen LogP contribution in [0.15, 0.2) is 36.4 Å². The van der Waals surface area contributed by atoms with Gasteiger partial charge in [-0.3, -0.25) is 0 Å². The Morgan fingerprint density at radius 1 is 1.05 bits per heavy atom. The van der Waals surface area contributed by atoms with Crippen LogP contribution in [0, 0.1) is 0 Å². The number of unbranched alkanes of at least 4 members (excludes halogenated alkanes) is 2. The average molecular weight is 300 g/mol. The van der Waals surface area contributed by atoms with E-state index in [1.54, 1.807) is 0 Å². The molecular formula is C17H18ClN3. The van der Waals surface area contributed by atoms with E-state index in [-0.39, 0.29) is 0 Å². The van der Waals surface area contributed by atoms with Crippen molar-refractivity contribution in [2.75, 3.05) is 0 Å². The number of rotatable bonds is 5. The number of aryl methyl sites for hydroxylation is 1. The molecule has 108 valence electrons. The van der Waals surface area contributed by atoms with Gasteiger partial charge in [0.25, 0.3) is 0 Å². The molecule has 3 nitrogen and oxygen atoms in total. The molecule has 0 amide bonds. The van der Waals surface area contributed by atoms with Gasteiger partial charge in [0.1, 0.15) is 11.0 Å². The van der Waals surface area contributed by atoms with Crippen molar-refractivity contribution in [1.29, 1.82) is 0 Å². The highest BCUT2D eigenvalue weighted by molar-refractivity contribution is 6.34. The molecule has 4 heteroatoms. The molecule has 0 atom stereocenters. The zero-order valence-corrected chi connectivity index (χ0v) is 12.8. The third-order valence-corrected chi connectivity index (χ3v) is 4.09. The Morgan fingerprint density at radius 3 is 2.76 bits per heavy atom. The number of halogens is 1. The Bertz CT molecular complexity index is 749. The van der Waals surface area contributed by atoms with Crippen LogP contribution in [0.3, 0.4) is 0 Å². The average Bonchev–Trinajstić information content (AvgIpc) is 2.97. The van der Waals surface area contributed by atoms with Crippen LogP contribution in [0.25, 0.3) is 22.2 Å². The molecule has 0 radical (unpaired) electrons. The molecule has 21 heavy (non-hydrogen) atoms. The lowest BCUT2D eigenvalue weighted by molar-refractivity contribution is 0.718. The largest absolute Gasteiger partial charge is 0.197 e. The summed E-state index contributed by atoms with van der Waals surface area (Å²) in [5.41, 5.74) is 5.15. The molecule has 0 saturated carbocycles. The zero-order chi connectivity index (χ0) is 14.7. The smallest absolute Gasteiger partial charge is 0.122 e. The summed E-state index contributed by atoms with van der Waals surface area (Å²) >= 11 is 6.45. The number of H-pyrrole nitrogens is 1. The maximum absolute atomic E-state index is 6.45. The van der Waals surface area contributed by atoms with Crippen LogP contribution in [0.5, 0.6) is 0 Å². The minimum atomic E-state index is 0.722. The SMILES string of the molecule is CCCCCc1ccccc1-c1c(Cl)ccc2n[nH]nc12. The van der Waals surface area contributed by atoms with Crippen molar-refractivity contribution in [3.05, 3.63) is 47.0 Å². The molecule has 0 bridgehead atoms. The van der Waals surface area contributed by atoms with Crippen molar-refractivity contribution in [3.8, 4) is 11.1 Å². The van der Waals surface area contributed by atoms with Gasteiger partial charge in [-0.05, 0) is 36.1 Å². The number of aromatic amines is 1. The van der Waals surface area contributed by atoms with Gasteiger partial charge in [-0.15, -0.1) is 0 Å². The quantitative estimate of drug-likeness (QED) is 0.673. The van der Waals surface area contributed by atoms with Crippen molar-refractivity contribution in [3.63, 3.8) is 0 Å². The lowest BCUT2D eigenvalue weighted by Crippen LogP contribution is -1.92. The molecule has 1 heterocycles. The lowest BCUT2D eigenvalue weighted by atomic mass is 9.95. The first-order valence-corrected chi connectivity index (χ1v) is 7.76. The van der Waals surface area contributed by atoms with Crippen molar-refractivity contribution in [2.24, 2.45) is 0 Å². The number of benzene rings is 2. The summed E-state index contributed by atoms with van der Waals surface area (Å²) in [5.74, 6) is 0. The minimum Gasteiger partial charge on any atom is -0.197 e. The second kappa shape index (κ2) is 6.27. The van der Waals surface area contributed by atoms with Gasteiger partial charge in [-0.1, -0.05) is 55.6 Å². The summed E-state index contributed by atoms with van der Waals surface area (Å²) in [6.45, 7) is 2.22. The van der Waals surface area contributed by atoms with E-state index in [0.29, 0.717) is 0 Å². The normalized spacial score (nSPS) is 11.1. The van der Waals surface area contributed by atoms with E-state index in [4.69, 9.17) is 11.6 Å². The first-order valence-electron chi connectivity index (χ1n) is 7.38. The van der Waals surface area contributed by atoms with Crippen LogP contribution >= 0.6 is 11.6 Å². The first kappa shape index (κ1) is 14.1. The molecule has 0 spiro atoms. The summed E-state index contributed by atoms with van der Waals surface area (Å²) in [7, 11) is 0. The fraction of sp³-hybridized carbons (Fsp3) is 0.294. The Kier molecular flexibility index (Phi) is 4.20. The summed E-state index contributed by atoms with van der Waals surface area (Å²) in [4.78, 5) is 0. The van der Waals surface area contributed by atoms with E-state index < -0.39 is 0 Å². The van der Waals surface area contributed by atoms with Gasteiger partial charge in [0.15, 0.2) is 0 Å². The van der Waals surface area contributed by atoms with E-state index in [2.05, 4.69) is 40.5 Å². The molecule has 3 aromatic rings. The third-order valence-electron chi connectivity index (χ3n) is 3.77. The van der Waals surface area contributed by atoms with Crippen molar-refractivity contribution in [2.45, 2.75) is 32.6 Å². The number of hydrogen-bond donors (Lipinski definition) is 1. The summed E-state index contributed by atoms with van der Waals surface area (Å²) in [6.07, 6.45) is 4.73. The molecule has 0 aliphatic heterocycles. The molecule has 0 aliphatic rings. The summed E-state index contributed by atoms with van der Waals surface area (Å²) in [6, 6.07) is 12.2. The minimum absolute atomic E-state index is 0.722.